The molecule has 2 fully saturated rings. The molecule has 0 atom stereocenters. The van der Waals surface area contributed by atoms with E-state index in [2.05, 4.69) is 45.9 Å². The lowest BCUT2D eigenvalue weighted by Gasteiger charge is -2.38. The van der Waals surface area contributed by atoms with Gasteiger partial charge < -0.3 is 15.4 Å². The lowest BCUT2D eigenvalue weighted by molar-refractivity contribution is -0.127. The molecule has 0 unspecified atom stereocenters. The SMILES string of the molecule is COCC1(CNC(=O)C2CCN(Cc3ccccc3)CC2)CCNCC1.Cl.Cl. The van der Waals surface area contributed by atoms with Crippen molar-refractivity contribution >= 4 is 30.7 Å². The highest BCUT2D eigenvalue weighted by molar-refractivity contribution is 5.85. The molecule has 1 aromatic carbocycles. The fourth-order valence-corrected chi connectivity index (χ4v) is 4.25. The molecule has 0 radical (unpaired) electrons. The van der Waals surface area contributed by atoms with Crippen molar-refractivity contribution < 1.29 is 9.53 Å². The van der Waals surface area contributed by atoms with Gasteiger partial charge in [-0.25, -0.2) is 0 Å². The van der Waals surface area contributed by atoms with Crippen LogP contribution in [-0.2, 0) is 16.1 Å². The highest BCUT2D eigenvalue weighted by Gasteiger charge is 2.33. The maximum atomic E-state index is 12.7. The van der Waals surface area contributed by atoms with Gasteiger partial charge in [0.25, 0.3) is 0 Å². The van der Waals surface area contributed by atoms with E-state index >= 15 is 0 Å². The Morgan fingerprint density at radius 1 is 1.18 bits per heavy atom. The molecule has 1 amide bonds. The predicted molar refractivity (Wildman–Crippen MR) is 118 cm³/mol. The first kappa shape index (κ1) is 25.2. The second-order valence-corrected chi connectivity index (χ2v) is 7.94. The number of methoxy groups -OCH3 is 1. The van der Waals surface area contributed by atoms with E-state index < -0.39 is 0 Å². The molecule has 5 nitrogen and oxygen atoms in total. The van der Waals surface area contributed by atoms with E-state index in [4.69, 9.17) is 4.74 Å². The average Bonchev–Trinajstić information content (AvgIpc) is 2.69. The maximum absolute atomic E-state index is 12.7. The predicted octanol–water partition coefficient (Wildman–Crippen LogP) is 2.87. The fourth-order valence-electron chi connectivity index (χ4n) is 4.25. The number of benzene rings is 1. The van der Waals surface area contributed by atoms with Crippen LogP contribution in [0, 0.1) is 11.3 Å². The third-order valence-electron chi connectivity index (χ3n) is 5.96. The molecule has 2 saturated heterocycles. The van der Waals surface area contributed by atoms with E-state index in [1.54, 1.807) is 7.11 Å². The van der Waals surface area contributed by atoms with Gasteiger partial charge in [-0.3, -0.25) is 9.69 Å². The summed E-state index contributed by atoms with van der Waals surface area (Å²) in [5.41, 5.74) is 1.45. The lowest BCUT2D eigenvalue weighted by Crippen LogP contribution is -2.49. The largest absolute Gasteiger partial charge is 0.384 e. The number of hydrogen-bond acceptors (Lipinski definition) is 4. The number of halogens is 2. The van der Waals surface area contributed by atoms with Crippen LogP contribution >= 0.6 is 24.8 Å². The molecule has 3 rings (SSSR count). The molecule has 2 heterocycles. The van der Waals surface area contributed by atoms with Crippen LogP contribution in [0.25, 0.3) is 0 Å². The minimum atomic E-state index is 0. The van der Waals surface area contributed by atoms with Gasteiger partial charge in [0.15, 0.2) is 0 Å². The molecular formula is C21H35Cl2N3O2. The van der Waals surface area contributed by atoms with Crippen molar-refractivity contribution in [1.29, 1.82) is 0 Å². The summed E-state index contributed by atoms with van der Waals surface area (Å²) in [5.74, 6) is 0.390. The number of nitrogens with one attached hydrogen (secondary N) is 2. The summed E-state index contributed by atoms with van der Waals surface area (Å²) in [6.07, 6.45) is 4.04. The Kier molecular flexibility index (Phi) is 11.4. The molecule has 1 aromatic rings. The number of rotatable bonds is 7. The van der Waals surface area contributed by atoms with Crippen LogP contribution in [0.5, 0.6) is 0 Å². The smallest absolute Gasteiger partial charge is 0.223 e. The first-order chi connectivity index (χ1) is 12.7. The number of hydrogen-bond donors (Lipinski definition) is 2. The van der Waals surface area contributed by atoms with Crippen molar-refractivity contribution in [2.75, 3.05) is 46.4 Å². The van der Waals surface area contributed by atoms with E-state index in [1.807, 2.05) is 0 Å². The van der Waals surface area contributed by atoms with Gasteiger partial charge in [0, 0.05) is 31.5 Å². The topological polar surface area (TPSA) is 53.6 Å². The third-order valence-corrected chi connectivity index (χ3v) is 5.96. The van der Waals surface area contributed by atoms with Crippen molar-refractivity contribution in [3.8, 4) is 0 Å². The van der Waals surface area contributed by atoms with Gasteiger partial charge in [0.05, 0.1) is 6.61 Å². The van der Waals surface area contributed by atoms with Crippen LogP contribution in [0.3, 0.4) is 0 Å². The van der Waals surface area contributed by atoms with Crippen LogP contribution in [-0.4, -0.2) is 57.2 Å². The summed E-state index contributed by atoms with van der Waals surface area (Å²) in [6, 6.07) is 10.6. The van der Waals surface area contributed by atoms with Gasteiger partial charge in [-0.05, 0) is 57.4 Å². The molecule has 160 valence electrons. The molecule has 2 aliphatic rings. The Balaban J connectivity index is 0.00000196. The number of amides is 1. The van der Waals surface area contributed by atoms with Crippen molar-refractivity contribution in [1.82, 2.24) is 15.5 Å². The lowest BCUT2D eigenvalue weighted by atomic mass is 9.79. The van der Waals surface area contributed by atoms with Crippen LogP contribution in [0.1, 0.15) is 31.2 Å². The zero-order chi connectivity index (χ0) is 18.2. The highest BCUT2D eigenvalue weighted by atomic mass is 35.5. The maximum Gasteiger partial charge on any atom is 0.223 e. The fraction of sp³-hybridized carbons (Fsp3) is 0.667. The standard InChI is InChI=1S/C21H33N3O2.2ClH/c1-26-17-21(9-11-22-12-10-21)16-23-20(25)19-7-13-24(14-8-19)15-18-5-3-2-4-6-18;;/h2-6,19,22H,7-17H2,1H3,(H,23,25);2*1H. The van der Waals surface area contributed by atoms with Gasteiger partial charge in [-0.1, -0.05) is 30.3 Å². The van der Waals surface area contributed by atoms with Crippen molar-refractivity contribution in [3.05, 3.63) is 35.9 Å². The van der Waals surface area contributed by atoms with Crippen LogP contribution in [0.2, 0.25) is 0 Å². The second kappa shape index (κ2) is 12.7. The molecule has 2 N–H and O–H groups in total. The van der Waals surface area contributed by atoms with E-state index in [1.165, 1.54) is 5.56 Å². The number of likely N-dealkylation sites (tertiary alicyclic amines) is 1. The number of nitrogens with zero attached hydrogens (tertiary/aromatic N) is 1. The molecule has 0 aromatic heterocycles. The van der Waals surface area contributed by atoms with E-state index in [9.17, 15) is 4.79 Å². The average molecular weight is 432 g/mol. The summed E-state index contributed by atoms with van der Waals surface area (Å²) < 4.78 is 5.45. The number of piperidine rings is 2. The second-order valence-electron chi connectivity index (χ2n) is 7.94. The highest BCUT2D eigenvalue weighted by Crippen LogP contribution is 2.28. The molecule has 0 saturated carbocycles. The van der Waals surface area contributed by atoms with Crippen LogP contribution in [0.15, 0.2) is 30.3 Å². The number of ether oxygens (including phenoxy) is 1. The summed E-state index contributed by atoms with van der Waals surface area (Å²) in [7, 11) is 1.76. The molecule has 2 aliphatic heterocycles. The van der Waals surface area contributed by atoms with Gasteiger partial charge in [-0.15, -0.1) is 24.8 Å². The zero-order valence-corrected chi connectivity index (χ0v) is 18.5. The monoisotopic (exact) mass is 431 g/mol. The van der Waals surface area contributed by atoms with Crippen LogP contribution in [0.4, 0.5) is 0 Å². The Morgan fingerprint density at radius 2 is 1.82 bits per heavy atom. The molecule has 7 heteroatoms. The van der Waals surface area contributed by atoms with E-state index in [0.717, 1.165) is 71.6 Å². The van der Waals surface area contributed by atoms with Crippen LogP contribution < -0.4 is 10.6 Å². The van der Waals surface area contributed by atoms with E-state index in [-0.39, 0.29) is 42.1 Å². The summed E-state index contributed by atoms with van der Waals surface area (Å²) in [4.78, 5) is 15.1. The van der Waals surface area contributed by atoms with Crippen molar-refractivity contribution in [2.24, 2.45) is 11.3 Å². The Bertz CT molecular complexity index is 555. The molecular weight excluding hydrogens is 397 g/mol. The first-order valence-corrected chi connectivity index (χ1v) is 9.94. The zero-order valence-electron chi connectivity index (χ0n) is 16.8. The summed E-state index contributed by atoms with van der Waals surface area (Å²) >= 11 is 0. The van der Waals surface area contributed by atoms with Crippen molar-refractivity contribution in [3.63, 3.8) is 0 Å². The Hall–Kier alpha value is -0.850. The van der Waals surface area contributed by atoms with Gasteiger partial charge >= 0.3 is 0 Å². The Morgan fingerprint density at radius 3 is 2.43 bits per heavy atom. The first-order valence-electron chi connectivity index (χ1n) is 9.94. The van der Waals surface area contributed by atoms with Gasteiger partial charge in [0.2, 0.25) is 5.91 Å². The number of carbonyl (C=O) groups is 1. The third kappa shape index (κ3) is 7.20. The summed E-state index contributed by atoms with van der Waals surface area (Å²) in [6.45, 7) is 6.48. The minimum absolute atomic E-state index is 0. The Labute approximate surface area is 181 Å². The van der Waals surface area contributed by atoms with Gasteiger partial charge in [0.1, 0.15) is 0 Å². The molecule has 0 spiro atoms. The van der Waals surface area contributed by atoms with Crippen molar-refractivity contribution in [2.45, 2.75) is 32.2 Å². The van der Waals surface area contributed by atoms with Gasteiger partial charge in [-0.2, -0.15) is 0 Å². The molecule has 0 aliphatic carbocycles. The number of carbonyl (C=O) groups excluding carboxylic acids is 1. The molecule has 0 bridgehead atoms. The molecule has 28 heavy (non-hydrogen) atoms. The normalized spacial score (nSPS) is 19.9. The summed E-state index contributed by atoms with van der Waals surface area (Å²) in [5, 5.41) is 6.65. The quantitative estimate of drug-likeness (QED) is 0.696. The minimum Gasteiger partial charge on any atom is -0.384 e. The van der Waals surface area contributed by atoms with E-state index in [0.29, 0.717) is 0 Å².